The molecule has 0 aromatic carbocycles. The molecular weight excluding hydrogens is 272 g/mol. The molecule has 4 heteroatoms. The first kappa shape index (κ1) is 19.7. The summed E-state index contributed by atoms with van der Waals surface area (Å²) in [5, 5.41) is 0. The molecule has 0 heterocycles. The van der Waals surface area contributed by atoms with E-state index in [0.717, 1.165) is 50.6 Å². The highest BCUT2D eigenvalue weighted by molar-refractivity contribution is 5.85. The highest BCUT2D eigenvalue weighted by atomic mass is 35.5. The van der Waals surface area contributed by atoms with Crippen LogP contribution in [0.3, 0.4) is 0 Å². The molecule has 1 saturated carbocycles. The molecule has 0 unspecified atom stereocenters. The van der Waals surface area contributed by atoms with Crippen LogP contribution >= 0.6 is 12.4 Å². The van der Waals surface area contributed by atoms with E-state index in [1.807, 2.05) is 11.9 Å². The zero-order chi connectivity index (χ0) is 14.1. The Hall–Kier alpha value is -0.280. The highest BCUT2D eigenvalue weighted by Gasteiger charge is 2.20. The minimum atomic E-state index is 0. The van der Waals surface area contributed by atoms with Crippen molar-refractivity contribution in [1.29, 1.82) is 0 Å². The minimum absolute atomic E-state index is 0. The molecule has 0 aliphatic heterocycles. The summed E-state index contributed by atoms with van der Waals surface area (Å²) in [4.78, 5) is 14.0. The third-order valence-corrected chi connectivity index (χ3v) is 4.44. The van der Waals surface area contributed by atoms with E-state index in [9.17, 15) is 4.79 Å². The average Bonchev–Trinajstić information content (AvgIpc) is 2.41. The number of halogens is 1. The molecule has 0 bridgehead atoms. The third-order valence-electron chi connectivity index (χ3n) is 4.44. The lowest BCUT2D eigenvalue weighted by Crippen LogP contribution is -2.33. The van der Waals surface area contributed by atoms with Gasteiger partial charge in [-0.3, -0.25) is 4.79 Å². The van der Waals surface area contributed by atoms with Crippen LogP contribution in [0.5, 0.6) is 0 Å². The Morgan fingerprint density at radius 1 is 1.10 bits per heavy atom. The van der Waals surface area contributed by atoms with Gasteiger partial charge in [-0.25, -0.2) is 0 Å². The highest BCUT2D eigenvalue weighted by Crippen LogP contribution is 2.28. The van der Waals surface area contributed by atoms with Crippen molar-refractivity contribution in [2.75, 3.05) is 20.1 Å². The molecule has 0 spiro atoms. The molecule has 2 N–H and O–H groups in total. The summed E-state index contributed by atoms with van der Waals surface area (Å²) in [5.41, 5.74) is 5.46. The van der Waals surface area contributed by atoms with Crippen LogP contribution in [0.15, 0.2) is 0 Å². The molecule has 0 aromatic heterocycles. The van der Waals surface area contributed by atoms with Crippen LogP contribution in [0.4, 0.5) is 0 Å². The standard InChI is InChI=1S/C16H32N2O.ClH/c1-14-8-10-15(11-9-14)13-18(2)16(19)7-5-3-4-6-12-17;/h14-15H,3-13,17H2,1-2H3;1H. The number of hydrogen-bond donors (Lipinski definition) is 1. The molecule has 1 amide bonds. The van der Waals surface area contributed by atoms with Gasteiger partial charge in [-0.05, 0) is 44.1 Å². The van der Waals surface area contributed by atoms with Gasteiger partial charge in [0.25, 0.3) is 0 Å². The Morgan fingerprint density at radius 2 is 1.70 bits per heavy atom. The summed E-state index contributed by atoms with van der Waals surface area (Å²) in [6.45, 7) is 4.08. The first-order valence-corrected chi connectivity index (χ1v) is 8.07. The second kappa shape index (κ2) is 11.4. The van der Waals surface area contributed by atoms with Crippen molar-refractivity contribution in [3.63, 3.8) is 0 Å². The zero-order valence-electron chi connectivity index (χ0n) is 13.3. The second-order valence-electron chi connectivity index (χ2n) is 6.35. The van der Waals surface area contributed by atoms with Crippen LogP contribution in [0.1, 0.15) is 64.7 Å². The van der Waals surface area contributed by atoms with E-state index in [1.54, 1.807) is 0 Å². The molecule has 1 aliphatic carbocycles. The molecule has 3 nitrogen and oxygen atoms in total. The van der Waals surface area contributed by atoms with Gasteiger partial charge in [-0.15, -0.1) is 12.4 Å². The van der Waals surface area contributed by atoms with Crippen molar-refractivity contribution in [2.45, 2.75) is 64.7 Å². The van der Waals surface area contributed by atoms with Crippen molar-refractivity contribution in [3.8, 4) is 0 Å². The van der Waals surface area contributed by atoms with E-state index < -0.39 is 0 Å². The Morgan fingerprint density at radius 3 is 2.30 bits per heavy atom. The fourth-order valence-electron chi connectivity index (χ4n) is 2.97. The molecule has 0 atom stereocenters. The lowest BCUT2D eigenvalue weighted by Gasteiger charge is -2.29. The van der Waals surface area contributed by atoms with Gasteiger partial charge >= 0.3 is 0 Å². The summed E-state index contributed by atoms with van der Waals surface area (Å²) in [5.74, 6) is 1.95. The van der Waals surface area contributed by atoms with E-state index >= 15 is 0 Å². The minimum Gasteiger partial charge on any atom is -0.345 e. The van der Waals surface area contributed by atoms with Crippen molar-refractivity contribution in [3.05, 3.63) is 0 Å². The van der Waals surface area contributed by atoms with Crippen LogP contribution < -0.4 is 5.73 Å². The molecule has 1 rings (SSSR count). The van der Waals surface area contributed by atoms with Gasteiger partial charge in [0.1, 0.15) is 0 Å². The summed E-state index contributed by atoms with van der Waals surface area (Å²) in [7, 11) is 1.97. The molecule has 20 heavy (non-hydrogen) atoms. The number of hydrogen-bond acceptors (Lipinski definition) is 2. The van der Waals surface area contributed by atoms with Gasteiger partial charge in [-0.1, -0.05) is 32.6 Å². The van der Waals surface area contributed by atoms with Gasteiger partial charge < -0.3 is 10.6 Å². The van der Waals surface area contributed by atoms with Gasteiger partial charge in [0.2, 0.25) is 5.91 Å². The van der Waals surface area contributed by atoms with E-state index in [-0.39, 0.29) is 12.4 Å². The molecule has 0 saturated heterocycles. The summed E-state index contributed by atoms with van der Waals surface area (Å²) < 4.78 is 0. The number of unbranched alkanes of at least 4 members (excludes halogenated alkanes) is 3. The Kier molecular flexibility index (Phi) is 11.2. The Balaban J connectivity index is 0.00000361. The molecule has 0 radical (unpaired) electrons. The fourth-order valence-corrected chi connectivity index (χ4v) is 2.97. The lowest BCUT2D eigenvalue weighted by atomic mass is 9.83. The Labute approximate surface area is 131 Å². The van der Waals surface area contributed by atoms with Crippen molar-refractivity contribution < 1.29 is 4.79 Å². The van der Waals surface area contributed by atoms with E-state index in [4.69, 9.17) is 5.73 Å². The first-order valence-electron chi connectivity index (χ1n) is 8.07. The number of carbonyl (C=O) groups is 1. The smallest absolute Gasteiger partial charge is 0.222 e. The van der Waals surface area contributed by atoms with Crippen molar-refractivity contribution >= 4 is 18.3 Å². The van der Waals surface area contributed by atoms with Gasteiger partial charge in [-0.2, -0.15) is 0 Å². The quantitative estimate of drug-likeness (QED) is 0.696. The van der Waals surface area contributed by atoms with Gasteiger partial charge in [0.15, 0.2) is 0 Å². The maximum Gasteiger partial charge on any atom is 0.222 e. The zero-order valence-corrected chi connectivity index (χ0v) is 14.1. The van der Waals surface area contributed by atoms with E-state index in [0.29, 0.717) is 12.3 Å². The molecule has 120 valence electrons. The fraction of sp³-hybridized carbons (Fsp3) is 0.938. The molecular formula is C16H33ClN2O. The maximum atomic E-state index is 12.0. The second-order valence-corrected chi connectivity index (χ2v) is 6.35. The molecule has 0 aromatic rings. The predicted molar refractivity (Wildman–Crippen MR) is 88.1 cm³/mol. The van der Waals surface area contributed by atoms with Crippen molar-refractivity contribution in [2.24, 2.45) is 17.6 Å². The first-order chi connectivity index (χ1) is 9.13. The van der Waals surface area contributed by atoms with Crippen LogP contribution in [-0.2, 0) is 4.79 Å². The maximum absolute atomic E-state index is 12.0. The van der Waals surface area contributed by atoms with E-state index in [1.165, 1.54) is 25.7 Å². The van der Waals surface area contributed by atoms with Crippen molar-refractivity contribution in [1.82, 2.24) is 4.90 Å². The predicted octanol–water partition coefficient (Wildman–Crippen LogP) is 3.60. The average molecular weight is 305 g/mol. The largest absolute Gasteiger partial charge is 0.345 e. The van der Waals surface area contributed by atoms with Gasteiger partial charge in [0, 0.05) is 20.0 Å². The molecule has 1 aliphatic rings. The number of nitrogens with two attached hydrogens (primary N) is 1. The summed E-state index contributed by atoms with van der Waals surface area (Å²) >= 11 is 0. The number of amides is 1. The third kappa shape index (κ3) is 8.11. The summed E-state index contributed by atoms with van der Waals surface area (Å²) in [6.07, 6.45) is 10.4. The van der Waals surface area contributed by atoms with Gasteiger partial charge in [0.05, 0.1) is 0 Å². The number of carbonyl (C=O) groups excluding carboxylic acids is 1. The van der Waals surface area contributed by atoms with Crippen LogP contribution in [0.2, 0.25) is 0 Å². The van der Waals surface area contributed by atoms with Crippen LogP contribution in [0, 0.1) is 11.8 Å². The Bertz CT molecular complexity index is 253. The normalized spacial score (nSPS) is 22.1. The number of nitrogens with zero attached hydrogens (tertiary/aromatic N) is 1. The van der Waals surface area contributed by atoms with Crippen LogP contribution in [0.25, 0.3) is 0 Å². The van der Waals surface area contributed by atoms with Crippen LogP contribution in [-0.4, -0.2) is 30.9 Å². The summed E-state index contributed by atoms with van der Waals surface area (Å²) in [6, 6.07) is 0. The monoisotopic (exact) mass is 304 g/mol. The molecule has 1 fully saturated rings. The van der Waals surface area contributed by atoms with E-state index in [2.05, 4.69) is 6.92 Å². The lowest BCUT2D eigenvalue weighted by molar-refractivity contribution is -0.130. The number of rotatable bonds is 8. The topological polar surface area (TPSA) is 46.3 Å². The SMILES string of the molecule is CC1CCC(CN(C)C(=O)CCCCCCN)CC1.Cl.